The van der Waals surface area contributed by atoms with Crippen molar-refractivity contribution in [2.45, 2.75) is 32.4 Å². The Morgan fingerprint density at radius 1 is 1.24 bits per heavy atom. The largest absolute Gasteiger partial charge is 0.378 e. The molecular formula is C13H24FNO2. The highest BCUT2D eigenvalue weighted by Gasteiger charge is 2.38. The van der Waals surface area contributed by atoms with Gasteiger partial charge in [-0.3, -0.25) is 9.29 Å². The molecule has 0 aromatic carbocycles. The standard InChI is InChI=1S/C13H24FNO2/c1-13(2,3)17-7-11-6-15(5-10(11)4-14)12-8-16-9-12/h10-12H,4-9H2,1-3H3/t10-,11+/m0/s1. The smallest absolute Gasteiger partial charge is 0.0938 e. The van der Waals surface area contributed by atoms with Gasteiger partial charge in [0.25, 0.3) is 0 Å². The molecule has 0 aromatic rings. The Kier molecular flexibility index (Phi) is 4.06. The fraction of sp³-hybridized carbons (Fsp3) is 1.00. The first kappa shape index (κ1) is 13.2. The second-order valence-electron chi connectivity index (χ2n) is 6.24. The van der Waals surface area contributed by atoms with Crippen LogP contribution in [0.1, 0.15) is 20.8 Å². The van der Waals surface area contributed by atoms with Gasteiger partial charge in [-0.2, -0.15) is 0 Å². The molecule has 2 atom stereocenters. The van der Waals surface area contributed by atoms with Crippen molar-refractivity contribution in [1.29, 1.82) is 0 Å². The van der Waals surface area contributed by atoms with E-state index >= 15 is 0 Å². The van der Waals surface area contributed by atoms with Crippen molar-refractivity contribution in [3.8, 4) is 0 Å². The third-order valence-corrected chi connectivity index (χ3v) is 3.67. The van der Waals surface area contributed by atoms with Gasteiger partial charge in [0.1, 0.15) is 0 Å². The molecule has 0 radical (unpaired) electrons. The predicted octanol–water partition coefficient (Wildman–Crippen LogP) is 1.72. The highest BCUT2D eigenvalue weighted by molar-refractivity contribution is 4.90. The molecule has 4 heteroatoms. The first-order valence-electron chi connectivity index (χ1n) is 6.51. The highest BCUT2D eigenvalue weighted by atomic mass is 19.1. The van der Waals surface area contributed by atoms with Gasteiger partial charge < -0.3 is 9.47 Å². The summed E-state index contributed by atoms with van der Waals surface area (Å²) in [5.74, 6) is 0.470. The maximum absolute atomic E-state index is 13.0. The minimum absolute atomic E-state index is 0.131. The number of hydrogen-bond acceptors (Lipinski definition) is 3. The highest BCUT2D eigenvalue weighted by Crippen LogP contribution is 2.28. The molecule has 2 saturated heterocycles. The van der Waals surface area contributed by atoms with Gasteiger partial charge in [0, 0.05) is 24.9 Å². The van der Waals surface area contributed by atoms with Crippen LogP contribution in [0.4, 0.5) is 4.39 Å². The Labute approximate surface area is 103 Å². The molecule has 2 heterocycles. The van der Waals surface area contributed by atoms with E-state index in [0.717, 1.165) is 26.3 Å². The van der Waals surface area contributed by atoms with Crippen LogP contribution in [-0.4, -0.2) is 56.1 Å². The number of ether oxygens (including phenoxy) is 2. The quantitative estimate of drug-likeness (QED) is 0.753. The number of alkyl halides is 1. The van der Waals surface area contributed by atoms with Crippen molar-refractivity contribution in [3.05, 3.63) is 0 Å². The summed E-state index contributed by atoms with van der Waals surface area (Å²) in [5.41, 5.74) is -0.131. The lowest BCUT2D eigenvalue weighted by Crippen LogP contribution is -2.48. The van der Waals surface area contributed by atoms with E-state index in [9.17, 15) is 4.39 Å². The first-order valence-corrected chi connectivity index (χ1v) is 6.51. The molecule has 0 spiro atoms. The molecule has 0 bridgehead atoms. The summed E-state index contributed by atoms with van der Waals surface area (Å²) in [7, 11) is 0. The zero-order chi connectivity index (χ0) is 12.5. The average molecular weight is 245 g/mol. The van der Waals surface area contributed by atoms with E-state index in [-0.39, 0.29) is 18.2 Å². The second-order valence-corrected chi connectivity index (χ2v) is 6.24. The minimum Gasteiger partial charge on any atom is -0.378 e. The third-order valence-electron chi connectivity index (χ3n) is 3.67. The van der Waals surface area contributed by atoms with E-state index in [0.29, 0.717) is 18.6 Å². The lowest BCUT2D eigenvalue weighted by atomic mass is 9.98. The average Bonchev–Trinajstić information content (AvgIpc) is 2.54. The minimum atomic E-state index is -0.234. The van der Waals surface area contributed by atoms with E-state index in [1.165, 1.54) is 0 Å². The van der Waals surface area contributed by atoms with Gasteiger partial charge in [-0.05, 0) is 20.8 Å². The monoisotopic (exact) mass is 245 g/mol. The molecule has 0 aromatic heterocycles. The Bertz CT molecular complexity index is 250. The zero-order valence-corrected chi connectivity index (χ0v) is 11.1. The Morgan fingerprint density at radius 3 is 2.35 bits per heavy atom. The SMILES string of the molecule is CC(C)(C)OC[C@H]1CN(C2COC2)C[C@@H]1CF. The van der Waals surface area contributed by atoms with Crippen molar-refractivity contribution in [2.24, 2.45) is 11.8 Å². The Morgan fingerprint density at radius 2 is 1.88 bits per heavy atom. The maximum atomic E-state index is 13.0. The summed E-state index contributed by atoms with van der Waals surface area (Å²) in [6, 6.07) is 0.517. The lowest BCUT2D eigenvalue weighted by molar-refractivity contribution is -0.0620. The molecule has 17 heavy (non-hydrogen) atoms. The summed E-state index contributed by atoms with van der Waals surface area (Å²) < 4.78 is 24.0. The van der Waals surface area contributed by atoms with Gasteiger partial charge in [-0.1, -0.05) is 0 Å². The van der Waals surface area contributed by atoms with Gasteiger partial charge >= 0.3 is 0 Å². The summed E-state index contributed by atoms with van der Waals surface area (Å²) >= 11 is 0. The second kappa shape index (κ2) is 5.21. The van der Waals surface area contributed by atoms with Crippen LogP contribution in [0.5, 0.6) is 0 Å². The molecule has 100 valence electrons. The van der Waals surface area contributed by atoms with Crippen molar-refractivity contribution in [2.75, 3.05) is 39.6 Å². The topological polar surface area (TPSA) is 21.7 Å². The number of rotatable bonds is 4. The maximum Gasteiger partial charge on any atom is 0.0938 e. The Hall–Kier alpha value is -0.190. The Balaban J connectivity index is 1.83. The van der Waals surface area contributed by atoms with Crippen molar-refractivity contribution in [3.63, 3.8) is 0 Å². The van der Waals surface area contributed by atoms with Crippen LogP contribution in [0.15, 0.2) is 0 Å². The lowest BCUT2D eigenvalue weighted by Gasteiger charge is -2.34. The first-order chi connectivity index (χ1) is 7.99. The summed E-state index contributed by atoms with van der Waals surface area (Å²) in [6.45, 7) is 10.0. The van der Waals surface area contributed by atoms with Gasteiger partial charge in [0.15, 0.2) is 0 Å². The molecule has 2 aliphatic rings. The summed E-state index contributed by atoms with van der Waals surface area (Å²) in [6.07, 6.45) is 0. The third kappa shape index (κ3) is 3.39. The van der Waals surface area contributed by atoms with Crippen molar-refractivity contribution in [1.82, 2.24) is 4.90 Å². The molecule has 0 unspecified atom stereocenters. The summed E-state index contributed by atoms with van der Waals surface area (Å²) in [5, 5.41) is 0. The van der Waals surface area contributed by atoms with Crippen LogP contribution in [0.3, 0.4) is 0 Å². The van der Waals surface area contributed by atoms with Crippen LogP contribution in [0.2, 0.25) is 0 Å². The van der Waals surface area contributed by atoms with E-state index < -0.39 is 0 Å². The zero-order valence-electron chi connectivity index (χ0n) is 11.1. The molecule has 0 N–H and O–H groups in total. The van der Waals surface area contributed by atoms with E-state index in [4.69, 9.17) is 9.47 Å². The molecule has 2 rings (SSSR count). The molecule has 0 amide bonds. The van der Waals surface area contributed by atoms with Crippen molar-refractivity contribution >= 4 is 0 Å². The fourth-order valence-corrected chi connectivity index (χ4v) is 2.43. The van der Waals surface area contributed by atoms with Gasteiger partial charge in [-0.15, -0.1) is 0 Å². The van der Waals surface area contributed by atoms with Crippen LogP contribution >= 0.6 is 0 Å². The number of likely N-dealkylation sites (tertiary alicyclic amines) is 1. The molecule has 2 fully saturated rings. The number of nitrogens with zero attached hydrogens (tertiary/aromatic N) is 1. The van der Waals surface area contributed by atoms with E-state index in [2.05, 4.69) is 4.90 Å². The number of hydrogen-bond donors (Lipinski definition) is 0. The van der Waals surface area contributed by atoms with Crippen LogP contribution in [0.25, 0.3) is 0 Å². The van der Waals surface area contributed by atoms with E-state index in [1.807, 2.05) is 20.8 Å². The van der Waals surface area contributed by atoms with Gasteiger partial charge in [-0.25, -0.2) is 0 Å². The van der Waals surface area contributed by atoms with Crippen LogP contribution < -0.4 is 0 Å². The molecule has 0 saturated carbocycles. The van der Waals surface area contributed by atoms with Crippen LogP contribution in [-0.2, 0) is 9.47 Å². The fourth-order valence-electron chi connectivity index (χ4n) is 2.43. The van der Waals surface area contributed by atoms with Gasteiger partial charge in [0.05, 0.1) is 38.1 Å². The number of halogens is 1. The predicted molar refractivity (Wildman–Crippen MR) is 64.8 cm³/mol. The van der Waals surface area contributed by atoms with Crippen molar-refractivity contribution < 1.29 is 13.9 Å². The molecule has 0 aliphatic carbocycles. The molecule has 2 aliphatic heterocycles. The van der Waals surface area contributed by atoms with Crippen LogP contribution in [0, 0.1) is 11.8 Å². The van der Waals surface area contributed by atoms with E-state index in [1.54, 1.807) is 0 Å². The molecular weight excluding hydrogens is 221 g/mol. The summed E-state index contributed by atoms with van der Waals surface area (Å²) in [4.78, 5) is 2.37. The van der Waals surface area contributed by atoms with Gasteiger partial charge in [0.2, 0.25) is 0 Å². The molecule has 3 nitrogen and oxygen atoms in total. The normalized spacial score (nSPS) is 31.8.